The fourth-order valence-electron chi connectivity index (χ4n) is 4.58. The Labute approximate surface area is 207 Å². The Hall–Kier alpha value is -0.890. The third kappa shape index (κ3) is 7.55. The number of carbonyl (C=O) groups is 1. The van der Waals surface area contributed by atoms with E-state index >= 15 is 0 Å². The Bertz CT molecular complexity index is 648. The molecule has 2 rings (SSSR count). The van der Waals surface area contributed by atoms with Gasteiger partial charge >= 0.3 is 6.16 Å². The average molecular weight is 487 g/mol. The topological polar surface area (TPSA) is 72.5 Å². The van der Waals surface area contributed by atoms with Crippen molar-refractivity contribution in [1.82, 2.24) is 0 Å². The minimum atomic E-state index is -0.669. The lowest BCUT2D eigenvalue weighted by Gasteiger charge is -2.49. The van der Waals surface area contributed by atoms with Gasteiger partial charge in [-0.2, -0.15) is 0 Å². The molecule has 200 valence electrons. The molecule has 0 N–H and O–H groups in total. The first-order valence-corrected chi connectivity index (χ1v) is 12.9. The predicted molar refractivity (Wildman–Crippen MR) is 131 cm³/mol. The van der Waals surface area contributed by atoms with Gasteiger partial charge in [0.15, 0.2) is 12.6 Å². The van der Waals surface area contributed by atoms with Gasteiger partial charge in [0.05, 0.1) is 37.3 Å². The SMILES string of the molecule is CCC(C)(CC)CC(C)(C)C1OCC2(COC(C(C)(C)COC(=O)OC(C)(C)CC)OC2)CO1. The normalized spacial score (nSPS) is 27.0. The van der Waals surface area contributed by atoms with E-state index in [1.165, 1.54) is 0 Å². The molecule has 2 heterocycles. The Kier molecular flexibility index (Phi) is 9.51. The molecule has 2 fully saturated rings. The molecule has 2 saturated heterocycles. The first-order chi connectivity index (χ1) is 15.6. The Balaban J connectivity index is 1.85. The molecule has 0 radical (unpaired) electrons. The zero-order valence-electron chi connectivity index (χ0n) is 23.4. The predicted octanol–water partition coefficient (Wildman–Crippen LogP) is 6.33. The van der Waals surface area contributed by atoms with Gasteiger partial charge in [0.25, 0.3) is 0 Å². The molecule has 0 amide bonds. The second kappa shape index (κ2) is 11.0. The van der Waals surface area contributed by atoms with E-state index in [-0.39, 0.29) is 29.1 Å². The van der Waals surface area contributed by atoms with Gasteiger partial charge in [-0.3, -0.25) is 0 Å². The molecule has 0 aromatic heterocycles. The summed E-state index contributed by atoms with van der Waals surface area (Å²) in [7, 11) is 0. The smallest absolute Gasteiger partial charge is 0.434 e. The van der Waals surface area contributed by atoms with Gasteiger partial charge in [0, 0.05) is 5.41 Å². The summed E-state index contributed by atoms with van der Waals surface area (Å²) in [4.78, 5) is 12.1. The van der Waals surface area contributed by atoms with E-state index in [0.717, 1.165) is 19.3 Å². The molecule has 0 aromatic carbocycles. The molecule has 0 aliphatic carbocycles. The zero-order valence-corrected chi connectivity index (χ0v) is 23.4. The fraction of sp³-hybridized carbons (Fsp3) is 0.963. The zero-order chi connectivity index (χ0) is 25.8. The quantitative estimate of drug-likeness (QED) is 0.334. The van der Waals surface area contributed by atoms with Gasteiger partial charge in [0.1, 0.15) is 12.2 Å². The third-order valence-electron chi connectivity index (χ3n) is 7.80. The summed E-state index contributed by atoms with van der Waals surface area (Å²) >= 11 is 0. The highest BCUT2D eigenvalue weighted by atomic mass is 16.7. The van der Waals surface area contributed by atoms with Crippen LogP contribution in [0.15, 0.2) is 0 Å². The summed E-state index contributed by atoms with van der Waals surface area (Å²) < 4.78 is 35.5. The van der Waals surface area contributed by atoms with Crippen molar-refractivity contribution in [1.29, 1.82) is 0 Å². The third-order valence-corrected chi connectivity index (χ3v) is 7.80. The molecule has 1 spiro atoms. The van der Waals surface area contributed by atoms with E-state index in [1.807, 2.05) is 34.6 Å². The van der Waals surface area contributed by atoms with Crippen molar-refractivity contribution in [2.24, 2.45) is 21.7 Å². The van der Waals surface area contributed by atoms with Crippen LogP contribution in [0.2, 0.25) is 0 Å². The molecule has 34 heavy (non-hydrogen) atoms. The monoisotopic (exact) mass is 486 g/mol. The lowest BCUT2D eigenvalue weighted by molar-refractivity contribution is -0.337. The van der Waals surface area contributed by atoms with Gasteiger partial charge in [0.2, 0.25) is 0 Å². The number of ether oxygens (including phenoxy) is 6. The molecular formula is C27H50O7. The largest absolute Gasteiger partial charge is 0.508 e. The lowest BCUT2D eigenvalue weighted by Crippen LogP contribution is -2.57. The summed E-state index contributed by atoms with van der Waals surface area (Å²) in [6.07, 6.45) is 2.63. The molecule has 7 heteroatoms. The maximum Gasteiger partial charge on any atom is 0.508 e. The van der Waals surface area contributed by atoms with Crippen LogP contribution >= 0.6 is 0 Å². The van der Waals surface area contributed by atoms with Crippen LogP contribution in [0, 0.1) is 21.7 Å². The van der Waals surface area contributed by atoms with Crippen LogP contribution in [0.25, 0.3) is 0 Å². The average Bonchev–Trinajstić information content (AvgIpc) is 2.78. The second-order valence-electron chi connectivity index (χ2n) is 12.8. The van der Waals surface area contributed by atoms with Gasteiger partial charge in [-0.1, -0.05) is 68.2 Å². The molecule has 0 aromatic rings. The van der Waals surface area contributed by atoms with Crippen molar-refractivity contribution in [2.45, 2.75) is 113 Å². The number of hydrogen-bond acceptors (Lipinski definition) is 7. The van der Waals surface area contributed by atoms with Crippen LogP contribution < -0.4 is 0 Å². The van der Waals surface area contributed by atoms with Crippen LogP contribution in [-0.2, 0) is 28.4 Å². The summed E-state index contributed by atoms with van der Waals surface area (Å²) in [5.41, 5.74) is -1.19. The first kappa shape index (κ1) is 29.3. The highest BCUT2D eigenvalue weighted by Gasteiger charge is 2.48. The summed E-state index contributed by atoms with van der Waals surface area (Å²) in [6.45, 7) is 23.1. The number of carbonyl (C=O) groups excluding carboxylic acids is 1. The van der Waals surface area contributed by atoms with Gasteiger partial charge in [-0.25, -0.2) is 4.79 Å². The van der Waals surface area contributed by atoms with Crippen molar-refractivity contribution in [3.05, 3.63) is 0 Å². The van der Waals surface area contributed by atoms with Crippen LogP contribution in [-0.4, -0.2) is 57.4 Å². The van der Waals surface area contributed by atoms with Crippen molar-refractivity contribution in [3.8, 4) is 0 Å². The lowest BCUT2D eigenvalue weighted by atomic mass is 9.70. The van der Waals surface area contributed by atoms with Crippen LogP contribution in [0.4, 0.5) is 4.79 Å². The summed E-state index contributed by atoms with van der Waals surface area (Å²) in [5.74, 6) is 0. The maximum atomic E-state index is 12.1. The molecule has 0 saturated carbocycles. The highest BCUT2D eigenvalue weighted by molar-refractivity contribution is 5.60. The Morgan fingerprint density at radius 3 is 1.62 bits per heavy atom. The molecular weight excluding hydrogens is 436 g/mol. The van der Waals surface area contributed by atoms with Crippen molar-refractivity contribution >= 4 is 6.16 Å². The second-order valence-corrected chi connectivity index (χ2v) is 12.8. The number of hydrogen-bond donors (Lipinski definition) is 0. The summed E-state index contributed by atoms with van der Waals surface area (Å²) in [5, 5.41) is 0. The minimum absolute atomic E-state index is 0.0818. The van der Waals surface area contributed by atoms with E-state index in [9.17, 15) is 4.79 Å². The molecule has 0 unspecified atom stereocenters. The van der Waals surface area contributed by atoms with E-state index < -0.39 is 23.5 Å². The van der Waals surface area contributed by atoms with Gasteiger partial charge in [-0.15, -0.1) is 0 Å². The maximum absolute atomic E-state index is 12.1. The summed E-state index contributed by atoms with van der Waals surface area (Å²) in [6, 6.07) is 0. The van der Waals surface area contributed by atoms with Crippen LogP contribution in [0.3, 0.4) is 0 Å². The van der Waals surface area contributed by atoms with E-state index in [0.29, 0.717) is 32.8 Å². The van der Waals surface area contributed by atoms with Crippen molar-refractivity contribution in [2.75, 3.05) is 33.0 Å². The fourth-order valence-corrected chi connectivity index (χ4v) is 4.58. The molecule has 2 aliphatic rings. The van der Waals surface area contributed by atoms with Crippen LogP contribution in [0.5, 0.6) is 0 Å². The van der Waals surface area contributed by atoms with E-state index in [4.69, 9.17) is 28.4 Å². The van der Waals surface area contributed by atoms with Crippen LogP contribution in [0.1, 0.15) is 94.9 Å². The Morgan fingerprint density at radius 2 is 1.21 bits per heavy atom. The van der Waals surface area contributed by atoms with E-state index in [2.05, 4.69) is 34.6 Å². The Morgan fingerprint density at radius 1 is 0.765 bits per heavy atom. The van der Waals surface area contributed by atoms with Gasteiger partial charge in [-0.05, 0) is 32.1 Å². The van der Waals surface area contributed by atoms with Gasteiger partial charge < -0.3 is 28.4 Å². The first-order valence-electron chi connectivity index (χ1n) is 12.9. The van der Waals surface area contributed by atoms with Crippen molar-refractivity contribution in [3.63, 3.8) is 0 Å². The van der Waals surface area contributed by atoms with E-state index in [1.54, 1.807) is 0 Å². The molecule has 2 aliphatic heterocycles. The molecule has 7 nitrogen and oxygen atoms in total. The standard InChI is InChI=1S/C27H50O7/c1-11-25(8,9)34-22(28)33-15-24(6,7)21-31-18-27(19-32-21)16-29-20(30-17-27)23(4,5)14-26(10,12-2)13-3/h20-21H,11-19H2,1-10H3. The molecule has 0 bridgehead atoms. The van der Waals surface area contributed by atoms with Crippen molar-refractivity contribution < 1.29 is 33.2 Å². The minimum Gasteiger partial charge on any atom is -0.434 e. The number of rotatable bonds is 10. The molecule has 0 atom stereocenters. The highest BCUT2D eigenvalue weighted by Crippen LogP contribution is 2.45.